The van der Waals surface area contributed by atoms with Crippen molar-refractivity contribution in [3.8, 4) is 11.5 Å². The molecule has 0 N–H and O–H groups in total. The molecule has 1 aromatic heterocycles. The molecule has 0 saturated heterocycles. The van der Waals surface area contributed by atoms with Gasteiger partial charge in [-0.15, -0.1) is 0 Å². The SMILES string of the molecule is CCCc1cccc(CCN2c3cccc(OC)c3C(C3=C(OC)C=CC[C@@H]3OC)c3c(OC)cccc32)n1. The summed E-state index contributed by atoms with van der Waals surface area (Å²) in [5.41, 5.74) is 7.71. The third-order valence-corrected chi connectivity index (χ3v) is 7.71. The number of fused-ring (bicyclic) bond motifs is 2. The lowest BCUT2D eigenvalue weighted by atomic mass is 9.75. The molecule has 204 valence electrons. The number of pyridine rings is 1. The number of rotatable bonds is 10. The number of methoxy groups -OCH3 is 4. The molecule has 6 heteroatoms. The second kappa shape index (κ2) is 12.0. The Labute approximate surface area is 231 Å². The Morgan fingerprint density at radius 1 is 0.795 bits per heavy atom. The first-order chi connectivity index (χ1) is 19.1. The summed E-state index contributed by atoms with van der Waals surface area (Å²) in [6, 6.07) is 18.9. The summed E-state index contributed by atoms with van der Waals surface area (Å²) < 4.78 is 24.0. The van der Waals surface area contributed by atoms with Crippen LogP contribution in [0.4, 0.5) is 11.4 Å². The molecular formula is C33H38N2O4. The van der Waals surface area contributed by atoms with E-state index in [2.05, 4.69) is 66.4 Å². The van der Waals surface area contributed by atoms with Crippen molar-refractivity contribution in [3.63, 3.8) is 0 Å². The molecule has 2 heterocycles. The van der Waals surface area contributed by atoms with E-state index >= 15 is 0 Å². The maximum atomic E-state index is 6.04. The van der Waals surface area contributed by atoms with Gasteiger partial charge in [0, 0.05) is 65.5 Å². The maximum absolute atomic E-state index is 6.04. The summed E-state index contributed by atoms with van der Waals surface area (Å²) in [4.78, 5) is 7.32. The van der Waals surface area contributed by atoms with Gasteiger partial charge in [-0.05, 0) is 55.3 Å². The molecule has 39 heavy (non-hydrogen) atoms. The summed E-state index contributed by atoms with van der Waals surface area (Å²) in [6.07, 6.45) is 7.68. The van der Waals surface area contributed by atoms with Crippen LogP contribution in [0.2, 0.25) is 0 Å². The fraction of sp³-hybridized carbons (Fsp3) is 0.364. The van der Waals surface area contributed by atoms with Gasteiger partial charge in [-0.25, -0.2) is 0 Å². The lowest BCUT2D eigenvalue weighted by Gasteiger charge is -2.41. The quantitative estimate of drug-likeness (QED) is 0.291. The van der Waals surface area contributed by atoms with Gasteiger partial charge in [0.25, 0.3) is 0 Å². The Morgan fingerprint density at radius 3 is 1.97 bits per heavy atom. The van der Waals surface area contributed by atoms with Crippen LogP contribution in [0.25, 0.3) is 0 Å². The highest BCUT2D eigenvalue weighted by Crippen LogP contribution is 2.56. The highest BCUT2D eigenvalue weighted by molar-refractivity contribution is 5.82. The van der Waals surface area contributed by atoms with Crippen LogP contribution in [-0.4, -0.2) is 46.1 Å². The Hall–Kier alpha value is -3.77. The normalized spacial score (nSPS) is 16.6. The number of aryl methyl sites for hydroxylation is 1. The van der Waals surface area contributed by atoms with Crippen molar-refractivity contribution in [2.75, 3.05) is 39.9 Å². The molecular weight excluding hydrogens is 488 g/mol. The standard InChI is InChI=1S/C33H38N2O4/c1-6-11-22-12-7-13-23(34-22)20-21-35-24-14-8-16-26(36-2)30(24)33(31-25(35)15-9-17-27(31)37-3)32-28(38-4)18-10-19-29(32)39-5/h7-10,12-18,29,33H,6,11,19-21H2,1-5H3/t29-/m0/s1. The first-order valence-electron chi connectivity index (χ1n) is 13.7. The fourth-order valence-electron chi connectivity index (χ4n) is 6.01. The number of benzene rings is 2. The number of hydrogen-bond donors (Lipinski definition) is 0. The number of anilines is 2. The van der Waals surface area contributed by atoms with Gasteiger partial charge in [-0.2, -0.15) is 0 Å². The topological polar surface area (TPSA) is 53.1 Å². The van der Waals surface area contributed by atoms with E-state index in [0.29, 0.717) is 0 Å². The van der Waals surface area contributed by atoms with E-state index in [4.69, 9.17) is 23.9 Å². The van der Waals surface area contributed by atoms with E-state index in [9.17, 15) is 0 Å². The van der Waals surface area contributed by atoms with Crippen LogP contribution in [0.5, 0.6) is 11.5 Å². The summed E-state index contributed by atoms with van der Waals surface area (Å²) in [5.74, 6) is 2.30. The maximum Gasteiger partial charge on any atom is 0.125 e. The Kier molecular flexibility index (Phi) is 8.22. The van der Waals surface area contributed by atoms with Gasteiger partial charge < -0.3 is 23.8 Å². The molecule has 5 rings (SSSR count). The monoisotopic (exact) mass is 526 g/mol. The number of nitrogens with zero attached hydrogens (tertiary/aromatic N) is 2. The van der Waals surface area contributed by atoms with Gasteiger partial charge in [0.05, 0.1) is 27.4 Å². The summed E-state index contributed by atoms with van der Waals surface area (Å²) in [6.45, 7) is 2.95. The van der Waals surface area contributed by atoms with Crippen molar-refractivity contribution in [1.29, 1.82) is 0 Å². The molecule has 6 nitrogen and oxygen atoms in total. The van der Waals surface area contributed by atoms with Crippen molar-refractivity contribution in [2.45, 2.75) is 44.6 Å². The number of aromatic nitrogens is 1. The van der Waals surface area contributed by atoms with E-state index in [-0.39, 0.29) is 12.0 Å². The minimum absolute atomic E-state index is 0.137. The van der Waals surface area contributed by atoms with Gasteiger partial charge in [0.1, 0.15) is 17.3 Å². The van der Waals surface area contributed by atoms with Crippen LogP contribution < -0.4 is 14.4 Å². The van der Waals surface area contributed by atoms with Gasteiger partial charge in [-0.1, -0.05) is 37.6 Å². The second-order valence-electron chi connectivity index (χ2n) is 9.88. The molecule has 1 aliphatic carbocycles. The highest BCUT2D eigenvalue weighted by Gasteiger charge is 2.41. The van der Waals surface area contributed by atoms with Crippen LogP contribution >= 0.6 is 0 Å². The van der Waals surface area contributed by atoms with Crippen LogP contribution in [0, 0.1) is 0 Å². The summed E-state index contributed by atoms with van der Waals surface area (Å²) in [5, 5.41) is 0. The predicted molar refractivity (Wildman–Crippen MR) is 155 cm³/mol. The van der Waals surface area contributed by atoms with Gasteiger partial charge >= 0.3 is 0 Å². The number of ether oxygens (including phenoxy) is 4. The minimum atomic E-state index is -0.172. The predicted octanol–water partition coefficient (Wildman–Crippen LogP) is 6.75. The van der Waals surface area contributed by atoms with Gasteiger partial charge in [0.15, 0.2) is 0 Å². The molecule has 0 spiro atoms. The van der Waals surface area contributed by atoms with E-state index in [1.807, 2.05) is 12.1 Å². The second-order valence-corrected chi connectivity index (χ2v) is 9.88. The largest absolute Gasteiger partial charge is 0.497 e. The number of hydrogen-bond acceptors (Lipinski definition) is 6. The zero-order valence-electron chi connectivity index (χ0n) is 23.6. The van der Waals surface area contributed by atoms with Crippen molar-refractivity contribution >= 4 is 11.4 Å². The van der Waals surface area contributed by atoms with Crippen LogP contribution in [0.15, 0.2) is 78.1 Å². The van der Waals surface area contributed by atoms with Crippen LogP contribution in [0.3, 0.4) is 0 Å². The van der Waals surface area contributed by atoms with Gasteiger partial charge in [-0.3, -0.25) is 4.98 Å². The first-order valence-corrected chi connectivity index (χ1v) is 13.7. The molecule has 0 amide bonds. The fourth-order valence-corrected chi connectivity index (χ4v) is 6.01. The average molecular weight is 527 g/mol. The molecule has 0 radical (unpaired) electrons. The molecule has 2 aromatic carbocycles. The van der Waals surface area contributed by atoms with Crippen LogP contribution in [0.1, 0.15) is 48.2 Å². The summed E-state index contributed by atoms with van der Waals surface area (Å²) >= 11 is 0. The molecule has 3 aromatic rings. The smallest absolute Gasteiger partial charge is 0.125 e. The zero-order valence-corrected chi connectivity index (χ0v) is 23.6. The van der Waals surface area contributed by atoms with E-state index in [1.54, 1.807) is 28.4 Å². The molecule has 0 fully saturated rings. The van der Waals surface area contributed by atoms with Crippen molar-refractivity contribution in [1.82, 2.24) is 4.98 Å². The molecule has 0 unspecified atom stereocenters. The van der Waals surface area contributed by atoms with Crippen molar-refractivity contribution in [3.05, 3.63) is 101 Å². The number of allylic oxidation sites excluding steroid dienone is 1. The van der Waals surface area contributed by atoms with E-state index in [1.165, 1.54) is 0 Å². The van der Waals surface area contributed by atoms with Gasteiger partial charge in [0.2, 0.25) is 0 Å². The van der Waals surface area contributed by atoms with Crippen molar-refractivity contribution in [2.24, 2.45) is 0 Å². The van der Waals surface area contributed by atoms with E-state index < -0.39 is 0 Å². The first kappa shape index (κ1) is 26.8. The molecule has 2 aliphatic rings. The molecule has 1 atom stereocenters. The van der Waals surface area contributed by atoms with E-state index in [0.717, 1.165) is 88.9 Å². The average Bonchev–Trinajstić information content (AvgIpc) is 2.98. The third-order valence-electron chi connectivity index (χ3n) is 7.71. The Morgan fingerprint density at radius 2 is 1.41 bits per heavy atom. The molecule has 0 saturated carbocycles. The lowest BCUT2D eigenvalue weighted by molar-refractivity contribution is 0.121. The Bertz CT molecular complexity index is 1320. The molecule has 1 aliphatic heterocycles. The van der Waals surface area contributed by atoms with Crippen molar-refractivity contribution < 1.29 is 18.9 Å². The highest BCUT2D eigenvalue weighted by atomic mass is 16.5. The lowest BCUT2D eigenvalue weighted by Crippen LogP contribution is -2.32. The third kappa shape index (κ3) is 5.01. The Balaban J connectivity index is 1.69. The molecule has 0 bridgehead atoms. The van der Waals surface area contributed by atoms with Crippen LogP contribution in [-0.2, 0) is 22.3 Å². The minimum Gasteiger partial charge on any atom is -0.497 e. The zero-order chi connectivity index (χ0) is 27.4. The summed E-state index contributed by atoms with van der Waals surface area (Å²) in [7, 11) is 6.95.